The molecule has 1 aliphatic heterocycles. The number of aromatic nitrogens is 3. The maximum atomic E-state index is 14.0. The molecule has 0 spiro atoms. The number of fused-ring (bicyclic) bond motifs is 2. The molecule has 38 heavy (non-hydrogen) atoms. The molecule has 0 unspecified atom stereocenters. The molecular formula is C25H20FN7O5. The predicted molar refractivity (Wildman–Crippen MR) is 131 cm³/mol. The summed E-state index contributed by atoms with van der Waals surface area (Å²) in [4.78, 5) is 52.9. The average molecular weight is 517 g/mol. The van der Waals surface area contributed by atoms with Gasteiger partial charge in [0.15, 0.2) is 12.3 Å². The Morgan fingerprint density at radius 3 is 2.53 bits per heavy atom. The molecular weight excluding hydrogens is 497 g/mol. The number of amides is 4. The van der Waals surface area contributed by atoms with E-state index in [1.807, 2.05) is 0 Å². The third-order valence-electron chi connectivity index (χ3n) is 5.71. The van der Waals surface area contributed by atoms with Gasteiger partial charge in [0.25, 0.3) is 23.6 Å². The van der Waals surface area contributed by atoms with Crippen LogP contribution < -0.4 is 26.4 Å². The first-order valence-corrected chi connectivity index (χ1v) is 11.3. The van der Waals surface area contributed by atoms with Gasteiger partial charge < -0.3 is 26.4 Å². The molecule has 192 valence electrons. The second-order valence-corrected chi connectivity index (χ2v) is 8.34. The Bertz CT molecular complexity index is 1620. The van der Waals surface area contributed by atoms with E-state index in [0.29, 0.717) is 22.6 Å². The van der Waals surface area contributed by atoms with E-state index in [9.17, 15) is 23.6 Å². The molecule has 4 aromatic rings. The monoisotopic (exact) mass is 517 g/mol. The van der Waals surface area contributed by atoms with Gasteiger partial charge in [-0.15, -0.1) is 0 Å². The zero-order valence-corrected chi connectivity index (χ0v) is 19.7. The third kappa shape index (κ3) is 4.97. The van der Waals surface area contributed by atoms with Crippen LogP contribution in [-0.4, -0.2) is 44.8 Å². The molecule has 0 saturated carbocycles. The number of nitrogens with one attached hydrogen (secondary N) is 3. The van der Waals surface area contributed by atoms with Crippen LogP contribution in [0.5, 0.6) is 5.75 Å². The van der Waals surface area contributed by atoms with Crippen molar-refractivity contribution in [1.82, 2.24) is 25.2 Å². The summed E-state index contributed by atoms with van der Waals surface area (Å²) in [6, 6.07) is 11.8. The summed E-state index contributed by atoms with van der Waals surface area (Å²) in [5.74, 6) is -2.54. The van der Waals surface area contributed by atoms with Crippen LogP contribution in [0.25, 0.3) is 5.65 Å². The summed E-state index contributed by atoms with van der Waals surface area (Å²) < 4.78 is 20.7. The number of nitrogens with two attached hydrogens (primary N) is 1. The van der Waals surface area contributed by atoms with Gasteiger partial charge in [-0.05, 0) is 35.4 Å². The van der Waals surface area contributed by atoms with E-state index in [1.54, 1.807) is 18.2 Å². The maximum Gasteiger partial charge on any atom is 0.270 e. The number of hydrogen-bond acceptors (Lipinski definition) is 7. The average Bonchev–Trinajstić information content (AvgIpc) is 3.38. The van der Waals surface area contributed by atoms with E-state index in [2.05, 4.69) is 26.0 Å². The molecule has 2 aromatic carbocycles. The number of nitrogens with zero attached hydrogens (tertiary/aromatic N) is 3. The van der Waals surface area contributed by atoms with Crippen LogP contribution in [0, 0.1) is 5.82 Å². The van der Waals surface area contributed by atoms with Crippen LogP contribution in [0.4, 0.5) is 10.1 Å². The number of primary amides is 1. The van der Waals surface area contributed by atoms with Crippen LogP contribution >= 0.6 is 0 Å². The smallest absolute Gasteiger partial charge is 0.270 e. The van der Waals surface area contributed by atoms with E-state index >= 15 is 0 Å². The molecule has 0 saturated heterocycles. The molecule has 1 aliphatic rings. The van der Waals surface area contributed by atoms with E-state index in [4.69, 9.17) is 10.5 Å². The molecule has 5 N–H and O–H groups in total. The zero-order valence-electron chi connectivity index (χ0n) is 19.7. The second-order valence-electron chi connectivity index (χ2n) is 8.34. The van der Waals surface area contributed by atoms with Crippen molar-refractivity contribution in [3.05, 3.63) is 88.6 Å². The van der Waals surface area contributed by atoms with Gasteiger partial charge in [-0.25, -0.2) is 13.9 Å². The Balaban J connectivity index is 1.30. The Morgan fingerprint density at radius 2 is 1.76 bits per heavy atom. The highest BCUT2D eigenvalue weighted by molar-refractivity contribution is 5.98. The fourth-order valence-electron chi connectivity index (χ4n) is 3.85. The number of ether oxygens (including phenoxy) is 1. The van der Waals surface area contributed by atoms with Crippen LogP contribution in [0.15, 0.2) is 54.7 Å². The molecule has 0 fully saturated rings. The summed E-state index contributed by atoms with van der Waals surface area (Å²) in [5.41, 5.74) is 6.77. The van der Waals surface area contributed by atoms with Crippen LogP contribution in [0.2, 0.25) is 0 Å². The van der Waals surface area contributed by atoms with Crippen molar-refractivity contribution >= 4 is 35.0 Å². The first kappa shape index (κ1) is 24.4. The van der Waals surface area contributed by atoms with Crippen molar-refractivity contribution in [2.45, 2.75) is 13.1 Å². The summed E-state index contributed by atoms with van der Waals surface area (Å²) in [5, 5.41) is 12.2. The van der Waals surface area contributed by atoms with Crippen LogP contribution in [-0.2, 0) is 17.9 Å². The van der Waals surface area contributed by atoms with Gasteiger partial charge in [0, 0.05) is 25.2 Å². The summed E-state index contributed by atoms with van der Waals surface area (Å²) in [7, 11) is 0. The Kier molecular flexibility index (Phi) is 6.39. The van der Waals surface area contributed by atoms with E-state index in [0.717, 1.165) is 6.07 Å². The molecule has 12 nitrogen and oxygen atoms in total. The van der Waals surface area contributed by atoms with Gasteiger partial charge >= 0.3 is 0 Å². The number of benzene rings is 2. The van der Waals surface area contributed by atoms with E-state index in [1.165, 1.54) is 35.0 Å². The molecule has 0 radical (unpaired) electrons. The lowest BCUT2D eigenvalue weighted by Gasteiger charge is -2.18. The minimum absolute atomic E-state index is 0.0189. The van der Waals surface area contributed by atoms with Crippen molar-refractivity contribution in [2.75, 3.05) is 11.9 Å². The van der Waals surface area contributed by atoms with Gasteiger partial charge in [-0.3, -0.25) is 19.2 Å². The molecule has 5 rings (SSSR count). The number of hydrogen-bond donors (Lipinski definition) is 4. The summed E-state index contributed by atoms with van der Waals surface area (Å²) in [6.07, 6.45) is 1.43. The first-order valence-electron chi connectivity index (χ1n) is 11.3. The number of halogens is 1. The van der Waals surface area contributed by atoms with Crippen LogP contribution in [0.1, 0.15) is 42.5 Å². The van der Waals surface area contributed by atoms with Crippen molar-refractivity contribution < 1.29 is 28.3 Å². The van der Waals surface area contributed by atoms with Crippen molar-refractivity contribution in [2.24, 2.45) is 5.73 Å². The minimum atomic E-state index is -0.894. The Labute approximate surface area is 214 Å². The Morgan fingerprint density at radius 1 is 1.03 bits per heavy atom. The SMILES string of the molecule is NC(=O)c1ccc(CNC(=O)c2cc(C(=O)NCc3ccc4c(c3)NC(=O)CO4)nc3ccnn23)cc1F. The largest absolute Gasteiger partial charge is 0.482 e. The predicted octanol–water partition coefficient (Wildman–Crippen LogP) is 1.16. The topological polar surface area (TPSA) is 170 Å². The third-order valence-corrected chi connectivity index (χ3v) is 5.71. The summed E-state index contributed by atoms with van der Waals surface area (Å²) in [6.45, 7) is 0.0166. The first-order chi connectivity index (χ1) is 18.3. The van der Waals surface area contributed by atoms with Gasteiger partial charge in [-0.1, -0.05) is 12.1 Å². The lowest BCUT2D eigenvalue weighted by atomic mass is 10.1. The lowest BCUT2D eigenvalue weighted by molar-refractivity contribution is -0.118. The fourth-order valence-corrected chi connectivity index (χ4v) is 3.85. The maximum absolute atomic E-state index is 14.0. The van der Waals surface area contributed by atoms with Crippen LogP contribution in [0.3, 0.4) is 0 Å². The van der Waals surface area contributed by atoms with Gasteiger partial charge in [0.2, 0.25) is 0 Å². The van der Waals surface area contributed by atoms with E-state index in [-0.39, 0.29) is 48.2 Å². The quantitative estimate of drug-likeness (QED) is 0.285. The van der Waals surface area contributed by atoms with Crippen molar-refractivity contribution in [3.8, 4) is 5.75 Å². The minimum Gasteiger partial charge on any atom is -0.482 e. The normalized spacial score (nSPS) is 12.3. The number of carbonyl (C=O) groups is 4. The highest BCUT2D eigenvalue weighted by Gasteiger charge is 2.19. The van der Waals surface area contributed by atoms with Gasteiger partial charge in [0.1, 0.15) is 23.0 Å². The molecule has 0 atom stereocenters. The Hall–Kier alpha value is -5.33. The van der Waals surface area contributed by atoms with Crippen molar-refractivity contribution in [3.63, 3.8) is 0 Å². The molecule has 0 bridgehead atoms. The highest BCUT2D eigenvalue weighted by atomic mass is 19.1. The molecule has 4 amide bonds. The fraction of sp³-hybridized carbons (Fsp3) is 0.120. The standard InChI is InChI=1S/C25H20FN7O5/c26-16-7-13(1-3-15(16)23(27)35)10-29-25(37)19-9-18(31-21-5-6-30-33(19)21)24(36)28-11-14-2-4-20-17(8-14)32-22(34)12-38-20/h1-9H,10-12H2,(H2,27,35)(H,28,36)(H,29,37)(H,32,34). The molecule has 0 aliphatic carbocycles. The van der Waals surface area contributed by atoms with Gasteiger partial charge in [-0.2, -0.15) is 5.10 Å². The second kappa shape index (κ2) is 9.97. The number of anilines is 1. The molecule has 13 heteroatoms. The number of rotatable bonds is 7. The lowest BCUT2D eigenvalue weighted by Crippen LogP contribution is -2.29. The molecule has 2 aromatic heterocycles. The zero-order chi connectivity index (χ0) is 26.8. The van der Waals surface area contributed by atoms with E-state index < -0.39 is 23.5 Å². The van der Waals surface area contributed by atoms with Gasteiger partial charge in [0.05, 0.1) is 17.4 Å². The molecule has 3 heterocycles. The van der Waals surface area contributed by atoms with Crippen molar-refractivity contribution in [1.29, 1.82) is 0 Å². The summed E-state index contributed by atoms with van der Waals surface area (Å²) >= 11 is 0. The number of carbonyl (C=O) groups excluding carboxylic acids is 4. The highest BCUT2D eigenvalue weighted by Crippen LogP contribution is 2.28.